The van der Waals surface area contributed by atoms with Crippen molar-refractivity contribution in [1.82, 2.24) is 9.78 Å². The number of carbonyl (C=O) groups is 2. The second-order valence-corrected chi connectivity index (χ2v) is 3.87. The van der Waals surface area contributed by atoms with Crippen molar-refractivity contribution < 1.29 is 9.59 Å². The first-order valence-electron chi connectivity index (χ1n) is 5.03. The van der Waals surface area contributed by atoms with E-state index in [4.69, 9.17) is 5.73 Å². The fraction of sp³-hybridized carbons (Fsp3) is 0.500. The third kappa shape index (κ3) is 2.06. The summed E-state index contributed by atoms with van der Waals surface area (Å²) in [6, 6.07) is 0. The summed E-state index contributed by atoms with van der Waals surface area (Å²) in [5.41, 5.74) is 5.96. The molecule has 1 saturated carbocycles. The average molecular weight is 207 g/mol. The maximum atomic E-state index is 11.9. The van der Waals surface area contributed by atoms with Crippen LogP contribution in [0.3, 0.4) is 0 Å². The monoisotopic (exact) mass is 207 g/mol. The number of nitrogens with zero attached hydrogens (tertiary/aromatic N) is 2. The van der Waals surface area contributed by atoms with Gasteiger partial charge in [-0.1, -0.05) is 0 Å². The molecule has 0 bridgehead atoms. The maximum Gasteiger partial charge on any atom is 0.250 e. The number of nitrogens with two attached hydrogens (primary N) is 1. The highest BCUT2D eigenvalue weighted by atomic mass is 16.2. The Bertz CT molecular complexity index is 387. The molecule has 1 heterocycles. The zero-order chi connectivity index (χ0) is 10.8. The molecule has 0 unspecified atom stereocenters. The van der Waals surface area contributed by atoms with Gasteiger partial charge in [0.05, 0.1) is 18.1 Å². The molecule has 0 saturated heterocycles. The van der Waals surface area contributed by atoms with Crippen molar-refractivity contribution in [1.29, 1.82) is 0 Å². The van der Waals surface area contributed by atoms with E-state index < -0.39 is 0 Å². The Hall–Kier alpha value is -1.65. The normalized spacial score (nSPS) is 18.0. The van der Waals surface area contributed by atoms with Gasteiger partial charge in [0.1, 0.15) is 5.78 Å². The van der Waals surface area contributed by atoms with Crippen LogP contribution in [-0.4, -0.2) is 21.5 Å². The van der Waals surface area contributed by atoms with E-state index in [0.29, 0.717) is 31.4 Å². The van der Waals surface area contributed by atoms with Crippen LogP contribution < -0.4 is 5.73 Å². The summed E-state index contributed by atoms with van der Waals surface area (Å²) in [5, 5.41) is 3.87. The molecule has 5 heteroatoms. The predicted octanol–water partition coefficient (Wildman–Crippen LogP) is 0.865. The topological polar surface area (TPSA) is 78.0 Å². The van der Waals surface area contributed by atoms with Crippen molar-refractivity contribution in [3.05, 3.63) is 12.4 Å². The van der Waals surface area contributed by atoms with Gasteiger partial charge in [0.2, 0.25) is 5.91 Å². The van der Waals surface area contributed by atoms with E-state index in [1.165, 1.54) is 17.1 Å². The lowest BCUT2D eigenvalue weighted by Crippen LogP contribution is -2.26. The van der Waals surface area contributed by atoms with E-state index in [9.17, 15) is 9.59 Å². The van der Waals surface area contributed by atoms with Crippen LogP contribution >= 0.6 is 0 Å². The van der Waals surface area contributed by atoms with Crippen molar-refractivity contribution >= 4 is 17.4 Å². The molecule has 0 amide bonds. The fourth-order valence-corrected chi connectivity index (χ4v) is 1.83. The van der Waals surface area contributed by atoms with E-state index in [-0.39, 0.29) is 17.6 Å². The molecule has 2 rings (SSSR count). The molecule has 1 aromatic rings. The second-order valence-electron chi connectivity index (χ2n) is 3.87. The Morgan fingerprint density at radius 3 is 2.67 bits per heavy atom. The summed E-state index contributed by atoms with van der Waals surface area (Å²) in [5.74, 6) is 0.111. The largest absolute Gasteiger partial charge is 0.396 e. The van der Waals surface area contributed by atoms with Crippen LogP contribution in [0.5, 0.6) is 0 Å². The van der Waals surface area contributed by atoms with Crippen molar-refractivity contribution in [3.8, 4) is 0 Å². The summed E-state index contributed by atoms with van der Waals surface area (Å²) in [6.07, 6.45) is 5.25. The van der Waals surface area contributed by atoms with Gasteiger partial charge in [0.25, 0.3) is 0 Å². The number of carbonyl (C=O) groups excluding carboxylic acids is 2. The molecule has 5 nitrogen and oxygen atoms in total. The number of anilines is 1. The highest BCUT2D eigenvalue weighted by Crippen LogP contribution is 2.23. The van der Waals surface area contributed by atoms with Crippen molar-refractivity contribution in [2.75, 3.05) is 5.73 Å². The quantitative estimate of drug-likeness (QED) is 0.741. The zero-order valence-electron chi connectivity index (χ0n) is 8.35. The third-order valence-electron chi connectivity index (χ3n) is 2.72. The van der Waals surface area contributed by atoms with Crippen molar-refractivity contribution in [2.24, 2.45) is 5.92 Å². The minimum Gasteiger partial charge on any atom is -0.396 e. The first-order valence-corrected chi connectivity index (χ1v) is 5.03. The molecule has 15 heavy (non-hydrogen) atoms. The lowest BCUT2D eigenvalue weighted by Gasteiger charge is -2.18. The Balaban J connectivity index is 2.05. The van der Waals surface area contributed by atoms with Crippen LogP contribution in [0.15, 0.2) is 12.4 Å². The Kier molecular flexibility index (Phi) is 2.53. The van der Waals surface area contributed by atoms with Gasteiger partial charge in [-0.2, -0.15) is 5.10 Å². The highest BCUT2D eigenvalue weighted by Gasteiger charge is 2.26. The van der Waals surface area contributed by atoms with E-state index in [1.54, 1.807) is 0 Å². The summed E-state index contributed by atoms with van der Waals surface area (Å²) in [6.45, 7) is 0. The predicted molar refractivity (Wildman–Crippen MR) is 54.2 cm³/mol. The number of rotatable bonds is 1. The molecule has 1 fully saturated rings. The van der Waals surface area contributed by atoms with Crippen LogP contribution in [0.25, 0.3) is 0 Å². The third-order valence-corrected chi connectivity index (χ3v) is 2.72. The van der Waals surface area contributed by atoms with Gasteiger partial charge >= 0.3 is 0 Å². The molecule has 0 aromatic carbocycles. The lowest BCUT2D eigenvalue weighted by molar-refractivity contribution is -0.120. The number of nitrogen functional groups attached to an aromatic ring is 1. The molecule has 0 spiro atoms. The molecule has 1 aromatic heterocycles. The van der Waals surface area contributed by atoms with Crippen LogP contribution in [0, 0.1) is 5.92 Å². The smallest absolute Gasteiger partial charge is 0.250 e. The molecule has 2 N–H and O–H groups in total. The van der Waals surface area contributed by atoms with Gasteiger partial charge in [-0.25, -0.2) is 4.68 Å². The van der Waals surface area contributed by atoms with Gasteiger partial charge in [0.15, 0.2) is 0 Å². The zero-order valence-corrected chi connectivity index (χ0v) is 8.35. The second kappa shape index (κ2) is 3.84. The Labute approximate surface area is 87.3 Å². The number of hydrogen-bond acceptors (Lipinski definition) is 4. The number of hydrogen-bond donors (Lipinski definition) is 1. The molecule has 0 atom stereocenters. The van der Waals surface area contributed by atoms with Gasteiger partial charge in [-0.05, 0) is 12.8 Å². The summed E-state index contributed by atoms with van der Waals surface area (Å²) >= 11 is 0. The maximum absolute atomic E-state index is 11.9. The van der Waals surface area contributed by atoms with E-state index in [1.807, 2.05) is 0 Å². The lowest BCUT2D eigenvalue weighted by atomic mass is 9.88. The summed E-state index contributed by atoms with van der Waals surface area (Å²) in [7, 11) is 0. The molecule has 0 radical (unpaired) electrons. The van der Waals surface area contributed by atoms with E-state index in [2.05, 4.69) is 5.10 Å². The first kappa shape index (κ1) is 9.89. The average Bonchev–Trinajstić information content (AvgIpc) is 2.65. The SMILES string of the molecule is Nc1cnn(C(=O)C2CCC(=O)CC2)c1. The molecule has 1 aliphatic carbocycles. The highest BCUT2D eigenvalue weighted by molar-refractivity contribution is 5.85. The summed E-state index contributed by atoms with van der Waals surface area (Å²) in [4.78, 5) is 22.9. The van der Waals surface area contributed by atoms with Gasteiger partial charge in [0, 0.05) is 18.8 Å². The van der Waals surface area contributed by atoms with Crippen LogP contribution in [-0.2, 0) is 4.79 Å². The summed E-state index contributed by atoms with van der Waals surface area (Å²) < 4.78 is 1.27. The number of Topliss-reactive ketones (excluding diaryl/α,β-unsaturated/α-hetero) is 1. The van der Waals surface area contributed by atoms with Crippen LogP contribution in [0.1, 0.15) is 30.5 Å². The van der Waals surface area contributed by atoms with Crippen LogP contribution in [0.2, 0.25) is 0 Å². The number of aromatic nitrogens is 2. The van der Waals surface area contributed by atoms with Crippen LogP contribution in [0.4, 0.5) is 5.69 Å². The van der Waals surface area contributed by atoms with Gasteiger partial charge in [-0.15, -0.1) is 0 Å². The van der Waals surface area contributed by atoms with Crippen molar-refractivity contribution in [3.63, 3.8) is 0 Å². The van der Waals surface area contributed by atoms with E-state index >= 15 is 0 Å². The van der Waals surface area contributed by atoms with Gasteiger partial charge in [-0.3, -0.25) is 9.59 Å². The minimum atomic E-state index is -0.0815. The molecular weight excluding hydrogens is 194 g/mol. The first-order chi connectivity index (χ1) is 7.16. The molecule has 1 aliphatic rings. The molecule has 0 aliphatic heterocycles. The molecular formula is C10H13N3O2. The Morgan fingerprint density at radius 1 is 1.47 bits per heavy atom. The standard InChI is InChI=1S/C10H13N3O2/c11-8-5-12-13(6-8)10(15)7-1-3-9(14)4-2-7/h5-7H,1-4,11H2. The molecule has 80 valence electrons. The number of ketones is 1. The van der Waals surface area contributed by atoms with Crippen molar-refractivity contribution in [2.45, 2.75) is 25.7 Å². The minimum absolute atomic E-state index is 0.0563. The Morgan fingerprint density at radius 2 is 2.13 bits per heavy atom. The fourth-order valence-electron chi connectivity index (χ4n) is 1.83. The van der Waals surface area contributed by atoms with Gasteiger partial charge < -0.3 is 5.73 Å². The van der Waals surface area contributed by atoms with E-state index in [0.717, 1.165) is 0 Å².